The van der Waals surface area contributed by atoms with Crippen molar-refractivity contribution < 1.29 is 17.9 Å². The number of nitrogens with one attached hydrogen (secondary N) is 1. The Labute approximate surface area is 176 Å². The van der Waals surface area contributed by atoms with E-state index in [0.29, 0.717) is 43.6 Å². The molecule has 3 rings (SSSR count). The molecule has 1 aromatic heterocycles. The van der Waals surface area contributed by atoms with E-state index in [2.05, 4.69) is 24.4 Å². The van der Waals surface area contributed by atoms with E-state index in [9.17, 15) is 13.2 Å². The first-order valence-electron chi connectivity index (χ1n) is 9.63. The van der Waals surface area contributed by atoms with E-state index in [1.807, 2.05) is 12.1 Å². The topological polar surface area (TPSA) is 79.0 Å². The summed E-state index contributed by atoms with van der Waals surface area (Å²) in [5.41, 5.74) is 2.33. The number of hydrogen-bond donors (Lipinski definition) is 1. The highest BCUT2D eigenvalue weighted by Crippen LogP contribution is 2.25. The van der Waals surface area contributed by atoms with Crippen LogP contribution in [-0.4, -0.2) is 57.0 Å². The fourth-order valence-electron chi connectivity index (χ4n) is 3.03. The van der Waals surface area contributed by atoms with Gasteiger partial charge in [0.25, 0.3) is 10.0 Å². The molecular weight excluding hydrogens is 410 g/mol. The normalized spacial score (nSPS) is 15.2. The van der Waals surface area contributed by atoms with E-state index in [-0.39, 0.29) is 6.03 Å². The van der Waals surface area contributed by atoms with Crippen LogP contribution in [0.2, 0.25) is 0 Å². The second-order valence-electron chi connectivity index (χ2n) is 6.92. The number of carbonyl (C=O) groups excluding carboxylic acids is 1. The van der Waals surface area contributed by atoms with Gasteiger partial charge in [0.15, 0.2) is 0 Å². The molecule has 1 aliphatic heterocycles. The smallest absolute Gasteiger partial charge is 0.317 e. The van der Waals surface area contributed by atoms with Crippen molar-refractivity contribution in [1.29, 1.82) is 0 Å². The molecule has 0 radical (unpaired) electrons. The van der Waals surface area contributed by atoms with Crippen molar-refractivity contribution in [2.45, 2.75) is 30.6 Å². The number of benzene rings is 1. The van der Waals surface area contributed by atoms with Gasteiger partial charge in [0.2, 0.25) is 0 Å². The van der Waals surface area contributed by atoms with Crippen LogP contribution in [-0.2, 0) is 34.3 Å². The van der Waals surface area contributed by atoms with Gasteiger partial charge < -0.3 is 15.0 Å². The predicted molar refractivity (Wildman–Crippen MR) is 113 cm³/mol. The van der Waals surface area contributed by atoms with Gasteiger partial charge in [-0.3, -0.25) is 0 Å². The second kappa shape index (κ2) is 9.71. The Balaban J connectivity index is 1.53. The molecule has 2 aromatic rings. The molecule has 0 spiro atoms. The average Bonchev–Trinajstić information content (AvgIpc) is 3.23. The van der Waals surface area contributed by atoms with E-state index in [1.165, 1.54) is 21.2 Å². The number of thiophene rings is 1. The Morgan fingerprint density at radius 2 is 1.79 bits per heavy atom. The summed E-state index contributed by atoms with van der Waals surface area (Å²) in [6.45, 7) is 4.49. The zero-order valence-electron chi connectivity index (χ0n) is 16.8. The lowest BCUT2D eigenvalue weighted by molar-refractivity contribution is 0.0731. The number of urea groups is 1. The van der Waals surface area contributed by atoms with Crippen molar-refractivity contribution in [3.05, 3.63) is 52.4 Å². The van der Waals surface area contributed by atoms with Crippen molar-refractivity contribution in [1.82, 2.24) is 14.5 Å². The van der Waals surface area contributed by atoms with Gasteiger partial charge in [-0.25, -0.2) is 13.2 Å². The second-order valence-corrected chi connectivity index (χ2v) is 10.3. The van der Waals surface area contributed by atoms with E-state index in [4.69, 9.17) is 4.74 Å². The molecule has 2 amide bonds. The van der Waals surface area contributed by atoms with Crippen molar-refractivity contribution in [2.75, 3.05) is 33.4 Å². The Bertz CT molecular complexity index is 919. The van der Waals surface area contributed by atoms with E-state index in [1.54, 1.807) is 24.1 Å². The predicted octanol–water partition coefficient (Wildman–Crippen LogP) is 2.67. The number of nitrogens with zero attached hydrogens (tertiary/aromatic N) is 2. The third kappa shape index (κ3) is 5.57. The zero-order chi connectivity index (χ0) is 20.9. The third-order valence-electron chi connectivity index (χ3n) is 4.81. The molecule has 29 heavy (non-hydrogen) atoms. The molecular formula is C20H27N3O4S2. The highest BCUT2D eigenvalue weighted by molar-refractivity contribution is 7.91. The quantitative estimate of drug-likeness (QED) is 0.722. The monoisotopic (exact) mass is 437 g/mol. The summed E-state index contributed by atoms with van der Waals surface area (Å²) in [6.07, 6.45) is 0.987. The number of aryl methyl sites for hydroxylation is 1. The maximum atomic E-state index is 12.7. The van der Waals surface area contributed by atoms with Crippen LogP contribution in [0.15, 0.2) is 40.6 Å². The number of amides is 2. The molecule has 0 atom stereocenters. The summed E-state index contributed by atoms with van der Waals surface area (Å²) in [4.78, 5) is 14.8. The first-order valence-corrected chi connectivity index (χ1v) is 11.9. The van der Waals surface area contributed by atoms with Gasteiger partial charge in [-0.1, -0.05) is 31.2 Å². The number of rotatable bonds is 7. The van der Waals surface area contributed by atoms with Crippen molar-refractivity contribution in [3.63, 3.8) is 0 Å². The summed E-state index contributed by atoms with van der Waals surface area (Å²) in [7, 11) is -1.75. The van der Waals surface area contributed by atoms with Gasteiger partial charge in [0.05, 0.1) is 19.8 Å². The molecule has 0 bridgehead atoms. The fraction of sp³-hybridized carbons (Fsp3) is 0.450. The van der Waals surface area contributed by atoms with E-state index < -0.39 is 10.0 Å². The minimum absolute atomic E-state index is 0.199. The maximum absolute atomic E-state index is 12.7. The number of sulfonamides is 1. The fourth-order valence-corrected chi connectivity index (χ4v) is 5.89. The van der Waals surface area contributed by atoms with Crippen LogP contribution in [0.3, 0.4) is 0 Å². The molecule has 0 unspecified atom stereocenters. The molecule has 1 N–H and O–H groups in total. The summed E-state index contributed by atoms with van der Waals surface area (Å²) in [6, 6.07) is 11.4. The molecule has 2 heterocycles. The third-order valence-corrected chi connectivity index (χ3v) is 8.26. The highest BCUT2D eigenvalue weighted by Gasteiger charge is 2.27. The summed E-state index contributed by atoms with van der Waals surface area (Å²) in [5.74, 6) is 0. The highest BCUT2D eigenvalue weighted by atomic mass is 32.2. The van der Waals surface area contributed by atoms with Crippen LogP contribution in [0, 0.1) is 0 Å². The number of carbonyl (C=O) groups is 1. The Kier molecular flexibility index (Phi) is 7.28. The Morgan fingerprint density at radius 1 is 1.14 bits per heavy atom. The van der Waals surface area contributed by atoms with Crippen LogP contribution in [0.1, 0.15) is 22.9 Å². The zero-order valence-corrected chi connectivity index (χ0v) is 18.4. The first-order chi connectivity index (χ1) is 13.9. The lowest BCUT2D eigenvalue weighted by Gasteiger charge is -2.25. The van der Waals surface area contributed by atoms with Crippen molar-refractivity contribution in [3.8, 4) is 0 Å². The first kappa shape index (κ1) is 21.8. The van der Waals surface area contributed by atoms with Gasteiger partial charge in [0, 0.05) is 31.6 Å². The van der Waals surface area contributed by atoms with Gasteiger partial charge in [-0.15, -0.1) is 11.3 Å². The van der Waals surface area contributed by atoms with Crippen LogP contribution < -0.4 is 5.32 Å². The molecule has 9 heteroatoms. The Morgan fingerprint density at radius 3 is 2.45 bits per heavy atom. The van der Waals surface area contributed by atoms with Crippen LogP contribution in [0.4, 0.5) is 4.79 Å². The maximum Gasteiger partial charge on any atom is 0.317 e. The largest absolute Gasteiger partial charge is 0.379 e. The van der Waals surface area contributed by atoms with Gasteiger partial charge >= 0.3 is 6.03 Å². The van der Waals surface area contributed by atoms with Crippen molar-refractivity contribution >= 4 is 27.4 Å². The molecule has 0 saturated carbocycles. The van der Waals surface area contributed by atoms with E-state index in [0.717, 1.165) is 16.9 Å². The summed E-state index contributed by atoms with van der Waals surface area (Å²) in [5, 5.41) is 2.85. The van der Waals surface area contributed by atoms with Crippen LogP contribution in [0.25, 0.3) is 0 Å². The van der Waals surface area contributed by atoms with E-state index >= 15 is 0 Å². The number of ether oxygens (including phenoxy) is 1. The molecule has 7 nitrogen and oxygen atoms in total. The lowest BCUT2D eigenvalue weighted by atomic mass is 10.1. The van der Waals surface area contributed by atoms with Crippen molar-refractivity contribution in [2.24, 2.45) is 0 Å². The molecule has 1 aliphatic rings. The number of morpholine rings is 1. The SMILES string of the molecule is CCc1ccc(CN(C)C(=O)NCc2ccc(S(=O)(=O)N3CCOCC3)s2)cc1. The summed E-state index contributed by atoms with van der Waals surface area (Å²) < 4.78 is 32.3. The molecule has 0 aliphatic carbocycles. The van der Waals surface area contributed by atoms with Crippen LogP contribution in [0.5, 0.6) is 0 Å². The van der Waals surface area contributed by atoms with Gasteiger partial charge in [-0.2, -0.15) is 4.31 Å². The lowest BCUT2D eigenvalue weighted by Crippen LogP contribution is -2.40. The van der Waals surface area contributed by atoms with Gasteiger partial charge in [-0.05, 0) is 29.7 Å². The minimum atomic E-state index is -3.49. The molecule has 158 valence electrons. The van der Waals surface area contributed by atoms with Gasteiger partial charge in [0.1, 0.15) is 4.21 Å². The molecule has 1 aromatic carbocycles. The molecule has 1 saturated heterocycles. The minimum Gasteiger partial charge on any atom is -0.379 e. The Hall–Kier alpha value is -1.94. The summed E-state index contributed by atoms with van der Waals surface area (Å²) >= 11 is 1.19. The van der Waals surface area contributed by atoms with Crippen LogP contribution >= 0.6 is 11.3 Å². The average molecular weight is 438 g/mol. The standard InChI is InChI=1S/C20H27N3O4S2/c1-3-16-4-6-17(7-5-16)15-22(2)20(24)21-14-18-8-9-19(28-18)29(25,26)23-10-12-27-13-11-23/h4-9H,3,10-15H2,1-2H3,(H,21,24). The number of hydrogen-bond acceptors (Lipinski definition) is 5. The molecule has 1 fully saturated rings.